The van der Waals surface area contributed by atoms with Crippen LogP contribution in [0.2, 0.25) is 0 Å². The molecule has 2 heterocycles. The minimum Gasteiger partial charge on any atom is -0.497 e. The van der Waals surface area contributed by atoms with Crippen LogP contribution in [0.5, 0.6) is 11.5 Å². The van der Waals surface area contributed by atoms with Crippen molar-refractivity contribution < 1.29 is 14.3 Å². The highest BCUT2D eigenvalue weighted by Gasteiger charge is 2.25. The molecule has 1 amide bonds. The molecule has 1 atom stereocenters. The Morgan fingerprint density at radius 2 is 1.76 bits per heavy atom. The van der Waals surface area contributed by atoms with Crippen LogP contribution in [0.4, 0.5) is 0 Å². The van der Waals surface area contributed by atoms with Gasteiger partial charge in [0.15, 0.2) is 0 Å². The van der Waals surface area contributed by atoms with Gasteiger partial charge in [-0.15, -0.1) is 11.3 Å². The fourth-order valence-corrected chi connectivity index (χ4v) is 5.75. The molecule has 0 spiro atoms. The van der Waals surface area contributed by atoms with E-state index in [0.717, 1.165) is 35.0 Å². The van der Waals surface area contributed by atoms with E-state index in [9.17, 15) is 4.79 Å². The molecule has 5 rings (SSSR count). The molecule has 6 nitrogen and oxygen atoms in total. The van der Waals surface area contributed by atoms with Crippen molar-refractivity contribution in [3.63, 3.8) is 0 Å². The zero-order chi connectivity index (χ0) is 26.5. The van der Waals surface area contributed by atoms with Crippen molar-refractivity contribution in [2.24, 2.45) is 0 Å². The lowest BCUT2D eigenvalue weighted by Crippen LogP contribution is -2.36. The number of rotatable bonds is 9. The summed E-state index contributed by atoms with van der Waals surface area (Å²) in [5, 5.41) is 2.82. The third kappa shape index (κ3) is 5.74. The molecule has 0 fully saturated rings. The summed E-state index contributed by atoms with van der Waals surface area (Å²) in [5.74, 6) is 1.55. The molecule has 7 heteroatoms. The van der Waals surface area contributed by atoms with E-state index in [4.69, 9.17) is 14.5 Å². The van der Waals surface area contributed by atoms with Gasteiger partial charge in [-0.05, 0) is 36.1 Å². The molecule has 1 aliphatic heterocycles. The average Bonchev–Trinajstić information content (AvgIpc) is 3.45. The Hall–Kier alpha value is -3.68. The zero-order valence-electron chi connectivity index (χ0n) is 22.1. The molecule has 0 bridgehead atoms. The maximum Gasteiger partial charge on any atom is 0.273 e. The van der Waals surface area contributed by atoms with Crippen LogP contribution in [0, 0.1) is 0 Å². The van der Waals surface area contributed by atoms with Crippen molar-refractivity contribution >= 4 is 17.2 Å². The van der Waals surface area contributed by atoms with Gasteiger partial charge in [0, 0.05) is 42.7 Å². The van der Waals surface area contributed by atoms with Crippen LogP contribution >= 0.6 is 11.3 Å². The maximum atomic E-state index is 13.3. The van der Waals surface area contributed by atoms with Crippen molar-refractivity contribution in [3.05, 3.63) is 111 Å². The predicted octanol–water partition coefficient (Wildman–Crippen LogP) is 6.12. The van der Waals surface area contributed by atoms with E-state index in [1.165, 1.54) is 16.7 Å². The summed E-state index contributed by atoms with van der Waals surface area (Å²) < 4.78 is 11.1. The third-order valence-corrected chi connectivity index (χ3v) is 8.06. The van der Waals surface area contributed by atoms with E-state index in [1.807, 2.05) is 40.6 Å². The van der Waals surface area contributed by atoms with Crippen molar-refractivity contribution in [2.75, 3.05) is 20.8 Å². The largest absolute Gasteiger partial charge is 0.497 e. The van der Waals surface area contributed by atoms with Gasteiger partial charge in [-0.25, -0.2) is 4.98 Å². The molecular formula is C31H33N3O3S. The SMILES string of the molecule is COc1ccc(CN(Cc2nc(C(=O)N3CCc4ccccc4C3)cs2)C(C)c2ccccc2)c(OC)c1. The van der Waals surface area contributed by atoms with Gasteiger partial charge < -0.3 is 14.4 Å². The normalized spacial score (nSPS) is 13.7. The lowest BCUT2D eigenvalue weighted by Gasteiger charge is -2.29. The topological polar surface area (TPSA) is 54.9 Å². The van der Waals surface area contributed by atoms with Crippen LogP contribution in [0.15, 0.2) is 78.2 Å². The van der Waals surface area contributed by atoms with Crippen LogP contribution < -0.4 is 9.47 Å². The Morgan fingerprint density at radius 1 is 1.00 bits per heavy atom. The zero-order valence-corrected chi connectivity index (χ0v) is 22.9. The highest BCUT2D eigenvalue weighted by atomic mass is 32.1. The molecule has 0 radical (unpaired) electrons. The number of carbonyl (C=O) groups is 1. The molecule has 196 valence electrons. The first-order valence-corrected chi connectivity index (χ1v) is 13.7. The molecule has 0 aliphatic carbocycles. The fraction of sp³-hybridized carbons (Fsp3) is 0.290. The number of nitrogens with zero attached hydrogens (tertiary/aromatic N) is 3. The highest BCUT2D eigenvalue weighted by molar-refractivity contribution is 7.09. The second-order valence-electron chi connectivity index (χ2n) is 9.54. The number of aromatic nitrogens is 1. The summed E-state index contributed by atoms with van der Waals surface area (Å²) >= 11 is 1.54. The number of ether oxygens (including phenoxy) is 2. The second kappa shape index (κ2) is 11.8. The van der Waals surface area contributed by atoms with Crippen molar-refractivity contribution in [1.82, 2.24) is 14.8 Å². The Bertz CT molecular complexity index is 1390. The Kier molecular flexibility index (Phi) is 8.05. The van der Waals surface area contributed by atoms with E-state index in [1.54, 1.807) is 25.6 Å². The number of fused-ring (bicyclic) bond motifs is 1. The molecule has 1 aromatic heterocycles. The van der Waals surface area contributed by atoms with Gasteiger partial charge in [-0.3, -0.25) is 9.69 Å². The van der Waals surface area contributed by atoms with E-state index in [0.29, 0.717) is 25.3 Å². The van der Waals surface area contributed by atoms with E-state index in [-0.39, 0.29) is 11.9 Å². The van der Waals surface area contributed by atoms with E-state index < -0.39 is 0 Å². The van der Waals surface area contributed by atoms with Crippen molar-refractivity contribution in [3.8, 4) is 11.5 Å². The number of benzene rings is 3. The van der Waals surface area contributed by atoms with Gasteiger partial charge in [0.05, 0.1) is 20.8 Å². The van der Waals surface area contributed by atoms with Gasteiger partial charge >= 0.3 is 0 Å². The van der Waals surface area contributed by atoms with Gasteiger partial charge in [-0.2, -0.15) is 0 Å². The lowest BCUT2D eigenvalue weighted by atomic mass is 10.00. The number of amides is 1. The van der Waals surface area contributed by atoms with E-state index in [2.05, 4.69) is 54.3 Å². The Morgan fingerprint density at radius 3 is 2.53 bits per heavy atom. The smallest absolute Gasteiger partial charge is 0.273 e. The van der Waals surface area contributed by atoms with Crippen LogP contribution in [-0.4, -0.2) is 41.5 Å². The molecule has 38 heavy (non-hydrogen) atoms. The van der Waals surface area contributed by atoms with Crippen LogP contribution in [0.25, 0.3) is 0 Å². The molecule has 1 unspecified atom stereocenters. The van der Waals surface area contributed by atoms with Crippen molar-refractivity contribution in [1.29, 1.82) is 0 Å². The van der Waals surface area contributed by atoms with Crippen molar-refractivity contribution in [2.45, 2.75) is 39.0 Å². The summed E-state index contributed by atoms with van der Waals surface area (Å²) in [6.45, 7) is 4.84. The number of hydrogen-bond acceptors (Lipinski definition) is 6. The average molecular weight is 528 g/mol. The summed E-state index contributed by atoms with van der Waals surface area (Å²) in [5.41, 5.74) is 5.36. The van der Waals surface area contributed by atoms with Crippen LogP contribution in [-0.2, 0) is 26.1 Å². The number of hydrogen-bond donors (Lipinski definition) is 0. The second-order valence-corrected chi connectivity index (χ2v) is 10.5. The highest BCUT2D eigenvalue weighted by Crippen LogP contribution is 2.31. The minimum absolute atomic E-state index is 0.00137. The number of carbonyl (C=O) groups excluding carboxylic acids is 1. The fourth-order valence-electron chi connectivity index (χ4n) is 4.96. The first-order chi connectivity index (χ1) is 18.6. The number of thiazole rings is 1. The predicted molar refractivity (Wildman–Crippen MR) is 151 cm³/mol. The van der Waals surface area contributed by atoms with Gasteiger partial charge in [0.25, 0.3) is 5.91 Å². The Labute approximate surface area is 228 Å². The summed E-state index contributed by atoms with van der Waals surface area (Å²) in [6.07, 6.45) is 0.880. The molecule has 0 saturated heterocycles. The van der Waals surface area contributed by atoms with Crippen LogP contribution in [0.3, 0.4) is 0 Å². The Balaban J connectivity index is 1.36. The maximum absolute atomic E-state index is 13.3. The van der Waals surface area contributed by atoms with Gasteiger partial charge in [0.1, 0.15) is 22.2 Å². The lowest BCUT2D eigenvalue weighted by molar-refractivity contribution is 0.0729. The third-order valence-electron chi connectivity index (χ3n) is 7.22. The molecule has 0 saturated carbocycles. The standard InChI is InChI=1S/C31H33N3O3S/c1-22(23-9-5-4-6-10-23)34(19-26-13-14-27(36-2)17-29(26)37-3)20-30-32-28(21-38-30)31(35)33-16-15-24-11-7-8-12-25(24)18-33/h4-14,17,21-22H,15-16,18-20H2,1-3H3. The summed E-state index contributed by atoms with van der Waals surface area (Å²) in [4.78, 5) is 22.4. The van der Waals surface area contributed by atoms with Gasteiger partial charge in [0.2, 0.25) is 0 Å². The summed E-state index contributed by atoms with van der Waals surface area (Å²) in [7, 11) is 3.34. The van der Waals surface area contributed by atoms with Crippen LogP contribution in [0.1, 0.15) is 50.7 Å². The quantitative estimate of drug-likeness (QED) is 0.262. The molecule has 3 aromatic carbocycles. The van der Waals surface area contributed by atoms with E-state index >= 15 is 0 Å². The first kappa shape index (κ1) is 25.9. The molecule has 1 aliphatic rings. The molecular weight excluding hydrogens is 494 g/mol. The minimum atomic E-state index is 0.00137. The summed E-state index contributed by atoms with van der Waals surface area (Å²) in [6, 6.07) is 24.9. The van der Waals surface area contributed by atoms with Gasteiger partial charge in [-0.1, -0.05) is 60.7 Å². The molecule has 0 N–H and O–H groups in total. The first-order valence-electron chi connectivity index (χ1n) is 12.9. The number of methoxy groups -OCH3 is 2. The monoisotopic (exact) mass is 527 g/mol. The molecule has 4 aromatic rings.